The zero-order chi connectivity index (χ0) is 16.3. The molecule has 1 heterocycles. The molecule has 0 aliphatic rings. The van der Waals surface area contributed by atoms with E-state index in [9.17, 15) is 22.0 Å². The van der Waals surface area contributed by atoms with Gasteiger partial charge in [-0.3, -0.25) is 4.79 Å². The molecule has 0 aliphatic carbocycles. The molecule has 1 atom stereocenters. The number of hydrogen-bond donors (Lipinski definition) is 2. The third kappa shape index (κ3) is 3.68. The lowest BCUT2D eigenvalue weighted by Gasteiger charge is -2.17. The van der Waals surface area contributed by atoms with Gasteiger partial charge in [0.1, 0.15) is 22.8 Å². The van der Waals surface area contributed by atoms with E-state index in [0.29, 0.717) is 6.07 Å². The third-order valence-electron chi connectivity index (χ3n) is 2.82. The Morgan fingerprint density at radius 2 is 2.05 bits per heavy atom. The number of rotatable bonds is 6. The van der Waals surface area contributed by atoms with Crippen LogP contribution in [0.1, 0.15) is 18.0 Å². The maximum atomic E-state index is 13.8. The number of carboxylic acids is 1. The van der Waals surface area contributed by atoms with Crippen molar-refractivity contribution in [3.8, 4) is 0 Å². The predicted octanol–water partition coefficient (Wildman–Crippen LogP) is 2.05. The summed E-state index contributed by atoms with van der Waals surface area (Å²) < 4.78 is 57.6. The first-order valence-electron chi connectivity index (χ1n) is 6.01. The van der Waals surface area contributed by atoms with Crippen molar-refractivity contribution in [1.82, 2.24) is 4.72 Å². The Hall–Kier alpha value is -2.26. The monoisotopic (exact) mass is 331 g/mol. The highest BCUT2D eigenvalue weighted by atomic mass is 32.2. The standard InChI is InChI=1S/C13H11F2NO5S/c14-8-1-2-10(11(15)5-8)12(6-13(17)18)16-22(19,20)9-3-4-21-7-9/h1-5,7,12,16H,6H2,(H,17,18)/t12-/m0/s1. The van der Waals surface area contributed by atoms with Gasteiger partial charge in [-0.25, -0.2) is 21.9 Å². The van der Waals surface area contributed by atoms with Crippen molar-refractivity contribution >= 4 is 16.0 Å². The minimum Gasteiger partial charge on any atom is -0.481 e. The number of carboxylic acid groups (broad SMARTS) is 1. The van der Waals surface area contributed by atoms with Crippen LogP contribution in [0.15, 0.2) is 46.1 Å². The summed E-state index contributed by atoms with van der Waals surface area (Å²) in [5, 5.41) is 8.87. The number of aliphatic carboxylic acids is 1. The Morgan fingerprint density at radius 1 is 1.32 bits per heavy atom. The van der Waals surface area contributed by atoms with Crippen LogP contribution >= 0.6 is 0 Å². The van der Waals surface area contributed by atoms with Gasteiger partial charge in [0.05, 0.1) is 18.7 Å². The zero-order valence-electron chi connectivity index (χ0n) is 11.0. The Balaban J connectivity index is 2.37. The maximum absolute atomic E-state index is 13.8. The highest BCUT2D eigenvalue weighted by Crippen LogP contribution is 2.24. The lowest BCUT2D eigenvalue weighted by molar-refractivity contribution is -0.137. The van der Waals surface area contributed by atoms with Crippen LogP contribution in [0, 0.1) is 11.6 Å². The molecule has 1 aromatic carbocycles. The number of nitrogens with one attached hydrogen (secondary N) is 1. The van der Waals surface area contributed by atoms with E-state index in [-0.39, 0.29) is 10.5 Å². The third-order valence-corrected chi connectivity index (χ3v) is 4.27. The van der Waals surface area contributed by atoms with E-state index in [2.05, 4.69) is 9.14 Å². The molecule has 2 rings (SSSR count). The fraction of sp³-hybridized carbons (Fsp3) is 0.154. The second-order valence-electron chi connectivity index (χ2n) is 4.40. The van der Waals surface area contributed by atoms with E-state index in [0.717, 1.165) is 30.7 Å². The second-order valence-corrected chi connectivity index (χ2v) is 6.11. The molecule has 0 aliphatic heterocycles. The molecule has 0 saturated carbocycles. The van der Waals surface area contributed by atoms with Gasteiger partial charge in [0.2, 0.25) is 10.0 Å². The molecule has 2 N–H and O–H groups in total. The Bertz CT molecular complexity index is 774. The smallest absolute Gasteiger partial charge is 0.305 e. The van der Waals surface area contributed by atoms with Gasteiger partial charge in [-0.05, 0) is 12.1 Å². The number of carbonyl (C=O) groups is 1. The normalized spacial score (nSPS) is 13.0. The average Bonchev–Trinajstić information content (AvgIpc) is 2.91. The van der Waals surface area contributed by atoms with Crippen LogP contribution in [-0.4, -0.2) is 19.5 Å². The number of sulfonamides is 1. The molecule has 0 fully saturated rings. The van der Waals surface area contributed by atoms with E-state index < -0.39 is 40.1 Å². The van der Waals surface area contributed by atoms with Crippen LogP contribution in [-0.2, 0) is 14.8 Å². The first-order valence-corrected chi connectivity index (χ1v) is 7.49. The van der Waals surface area contributed by atoms with Gasteiger partial charge in [-0.15, -0.1) is 0 Å². The summed E-state index contributed by atoms with van der Waals surface area (Å²) in [4.78, 5) is 10.7. The molecule has 0 spiro atoms. The van der Waals surface area contributed by atoms with Crippen molar-refractivity contribution in [2.75, 3.05) is 0 Å². The number of halogens is 2. The van der Waals surface area contributed by atoms with Crippen molar-refractivity contribution in [3.63, 3.8) is 0 Å². The van der Waals surface area contributed by atoms with Gasteiger partial charge in [-0.1, -0.05) is 6.07 Å². The van der Waals surface area contributed by atoms with E-state index in [1.54, 1.807) is 0 Å². The van der Waals surface area contributed by atoms with Crippen LogP contribution in [0.25, 0.3) is 0 Å². The van der Waals surface area contributed by atoms with Crippen LogP contribution in [0.3, 0.4) is 0 Å². The fourth-order valence-corrected chi connectivity index (χ4v) is 2.97. The van der Waals surface area contributed by atoms with Crippen molar-refractivity contribution in [2.45, 2.75) is 17.4 Å². The van der Waals surface area contributed by atoms with Crippen molar-refractivity contribution in [3.05, 3.63) is 54.0 Å². The minimum absolute atomic E-state index is 0.231. The Kier molecular flexibility index (Phi) is 4.57. The quantitative estimate of drug-likeness (QED) is 0.844. The molecular formula is C13H11F2NO5S. The molecule has 0 unspecified atom stereocenters. The average molecular weight is 331 g/mol. The molecule has 118 valence electrons. The molecule has 6 nitrogen and oxygen atoms in total. The summed E-state index contributed by atoms with van der Waals surface area (Å²) in [7, 11) is -4.10. The van der Waals surface area contributed by atoms with Gasteiger partial charge in [0, 0.05) is 11.6 Å². The molecule has 22 heavy (non-hydrogen) atoms. The fourth-order valence-electron chi connectivity index (χ4n) is 1.83. The maximum Gasteiger partial charge on any atom is 0.305 e. The Morgan fingerprint density at radius 3 is 2.59 bits per heavy atom. The Labute approximate surface area is 124 Å². The lowest BCUT2D eigenvalue weighted by atomic mass is 10.0. The van der Waals surface area contributed by atoms with Gasteiger partial charge in [0.15, 0.2) is 0 Å². The number of hydrogen-bond acceptors (Lipinski definition) is 4. The van der Waals surface area contributed by atoms with Crippen LogP contribution in [0.2, 0.25) is 0 Å². The summed E-state index contributed by atoms with van der Waals surface area (Å²) in [6.07, 6.45) is 1.36. The number of furan rings is 1. The largest absolute Gasteiger partial charge is 0.481 e. The van der Waals surface area contributed by atoms with Crippen LogP contribution in [0.4, 0.5) is 8.78 Å². The number of benzene rings is 1. The molecule has 0 saturated heterocycles. The molecule has 2 aromatic rings. The van der Waals surface area contributed by atoms with Crippen molar-refractivity contribution in [2.24, 2.45) is 0 Å². The molecule has 0 bridgehead atoms. The van der Waals surface area contributed by atoms with E-state index in [1.165, 1.54) is 0 Å². The van der Waals surface area contributed by atoms with Crippen molar-refractivity contribution < 1.29 is 31.5 Å². The van der Waals surface area contributed by atoms with E-state index in [4.69, 9.17) is 5.11 Å². The van der Waals surface area contributed by atoms with Gasteiger partial charge >= 0.3 is 5.97 Å². The zero-order valence-corrected chi connectivity index (χ0v) is 11.8. The second kappa shape index (κ2) is 6.24. The summed E-state index contributed by atoms with van der Waals surface area (Å²) in [5.74, 6) is -3.24. The lowest BCUT2D eigenvalue weighted by Crippen LogP contribution is -2.30. The molecular weight excluding hydrogens is 320 g/mol. The first-order chi connectivity index (χ1) is 10.3. The van der Waals surface area contributed by atoms with E-state index >= 15 is 0 Å². The van der Waals surface area contributed by atoms with Gasteiger partial charge in [0.25, 0.3) is 0 Å². The van der Waals surface area contributed by atoms with Gasteiger partial charge < -0.3 is 9.52 Å². The SMILES string of the molecule is O=C(O)C[C@H](NS(=O)(=O)c1ccoc1)c1ccc(F)cc1F. The summed E-state index contributed by atoms with van der Waals surface area (Å²) >= 11 is 0. The predicted molar refractivity (Wildman–Crippen MR) is 70.4 cm³/mol. The molecule has 1 aromatic heterocycles. The topological polar surface area (TPSA) is 96.6 Å². The first kappa shape index (κ1) is 16.1. The van der Waals surface area contributed by atoms with Crippen LogP contribution in [0.5, 0.6) is 0 Å². The van der Waals surface area contributed by atoms with E-state index in [1.807, 2.05) is 0 Å². The van der Waals surface area contributed by atoms with Crippen LogP contribution < -0.4 is 4.72 Å². The molecule has 0 amide bonds. The highest BCUT2D eigenvalue weighted by molar-refractivity contribution is 7.89. The molecule has 0 radical (unpaired) electrons. The molecule has 9 heteroatoms. The minimum atomic E-state index is -4.10. The van der Waals surface area contributed by atoms with Gasteiger partial charge in [-0.2, -0.15) is 0 Å². The van der Waals surface area contributed by atoms with Crippen molar-refractivity contribution in [1.29, 1.82) is 0 Å². The summed E-state index contributed by atoms with van der Waals surface area (Å²) in [6.45, 7) is 0. The summed E-state index contributed by atoms with van der Waals surface area (Å²) in [5.41, 5.74) is -0.268. The summed E-state index contributed by atoms with van der Waals surface area (Å²) in [6, 6.07) is 2.23. The highest BCUT2D eigenvalue weighted by Gasteiger charge is 2.26.